The normalized spacial score (nSPS) is 13.2. The fraction of sp³-hybridized carbons (Fsp3) is 0.870. The Morgan fingerprint density at radius 2 is 1.29 bits per heavy atom. The van der Waals surface area contributed by atoms with E-state index in [0.29, 0.717) is 19.3 Å². The second-order valence-corrected chi connectivity index (χ2v) is 9.36. The third-order valence-corrected chi connectivity index (χ3v) is 5.53. The maximum atomic E-state index is 12.2. The largest absolute Gasteiger partial charge is 0.481 e. The quantitative estimate of drug-likeness (QED) is 0.257. The fourth-order valence-corrected chi connectivity index (χ4v) is 2.89. The molecule has 0 rings (SSSR count). The molecular weight excluding hydrogens is 356 g/mol. The zero-order valence-corrected chi connectivity index (χ0v) is 18.9. The van der Waals surface area contributed by atoms with Crippen LogP contribution in [0.1, 0.15) is 112 Å². The highest BCUT2D eigenvalue weighted by molar-refractivity contribution is 5.78. The van der Waals surface area contributed by atoms with Crippen LogP contribution in [0.3, 0.4) is 0 Å². The van der Waals surface area contributed by atoms with Crippen LogP contribution in [0.15, 0.2) is 0 Å². The number of Topliss-reactive ketones (excluding diaryl/α,β-unsaturated/α-hetero) is 1. The third kappa shape index (κ3) is 11.5. The Hall–Kier alpha value is -1.39. The van der Waals surface area contributed by atoms with Crippen molar-refractivity contribution in [3.8, 4) is 0 Å². The Bertz CT molecular complexity index is 493. The average Bonchev–Trinajstić information content (AvgIpc) is 2.60. The van der Waals surface area contributed by atoms with E-state index in [1.54, 1.807) is 13.8 Å². The molecule has 5 heteroatoms. The number of carboxylic acids is 1. The van der Waals surface area contributed by atoms with E-state index in [9.17, 15) is 14.4 Å². The van der Waals surface area contributed by atoms with Gasteiger partial charge in [0.1, 0.15) is 5.78 Å². The van der Waals surface area contributed by atoms with E-state index in [1.165, 1.54) is 0 Å². The third-order valence-electron chi connectivity index (χ3n) is 5.53. The van der Waals surface area contributed by atoms with Crippen LogP contribution >= 0.6 is 0 Å². The number of unbranched alkanes of at least 4 members (excludes halogenated alkanes) is 4. The van der Waals surface area contributed by atoms with Crippen LogP contribution in [0.5, 0.6) is 0 Å². The Kier molecular flexibility index (Phi) is 12.3. The summed E-state index contributed by atoms with van der Waals surface area (Å²) in [6, 6.07) is 0. The molecule has 0 aliphatic rings. The summed E-state index contributed by atoms with van der Waals surface area (Å²) in [5, 5.41) is 9.08. The predicted octanol–water partition coefficient (Wildman–Crippen LogP) is 5.94. The predicted molar refractivity (Wildman–Crippen MR) is 112 cm³/mol. The molecule has 0 heterocycles. The van der Waals surface area contributed by atoms with Crippen LogP contribution in [0.4, 0.5) is 0 Å². The van der Waals surface area contributed by atoms with E-state index in [1.807, 2.05) is 27.7 Å². The molecule has 0 aliphatic heterocycles. The molecule has 0 aromatic heterocycles. The van der Waals surface area contributed by atoms with Gasteiger partial charge in [-0.3, -0.25) is 14.4 Å². The summed E-state index contributed by atoms with van der Waals surface area (Å²) in [7, 11) is 0. The number of carbonyl (C=O) groups excluding carboxylic acids is 2. The van der Waals surface area contributed by atoms with Gasteiger partial charge in [0.05, 0.1) is 16.9 Å². The first-order valence-corrected chi connectivity index (χ1v) is 10.9. The van der Waals surface area contributed by atoms with Gasteiger partial charge in [-0.05, 0) is 66.7 Å². The van der Waals surface area contributed by atoms with Gasteiger partial charge in [-0.2, -0.15) is 0 Å². The first-order chi connectivity index (χ1) is 12.9. The first kappa shape index (κ1) is 26.6. The van der Waals surface area contributed by atoms with Crippen LogP contribution in [0.2, 0.25) is 0 Å². The molecule has 1 N–H and O–H groups in total. The second kappa shape index (κ2) is 12.9. The highest BCUT2D eigenvalue weighted by atomic mass is 16.5. The van der Waals surface area contributed by atoms with E-state index in [2.05, 4.69) is 0 Å². The second-order valence-electron chi connectivity index (χ2n) is 9.36. The molecule has 28 heavy (non-hydrogen) atoms. The number of ketones is 1. The van der Waals surface area contributed by atoms with Crippen molar-refractivity contribution in [1.29, 1.82) is 0 Å². The van der Waals surface area contributed by atoms with Crippen LogP contribution in [0, 0.1) is 10.8 Å². The standard InChI is InChI=1S/C23H42O5/c1-7-18(2)28-21(27)23(5,6)17-13-9-11-15-19(24)14-10-8-12-16-22(3,4)20(25)26/h18H,7-17H2,1-6H3,(H,25,26). The molecule has 0 fully saturated rings. The summed E-state index contributed by atoms with van der Waals surface area (Å²) in [4.78, 5) is 35.2. The molecule has 5 nitrogen and oxygen atoms in total. The van der Waals surface area contributed by atoms with Crippen LogP contribution in [-0.2, 0) is 19.1 Å². The number of rotatable bonds is 16. The van der Waals surface area contributed by atoms with Crippen molar-refractivity contribution in [2.75, 3.05) is 0 Å². The lowest BCUT2D eigenvalue weighted by Gasteiger charge is -2.24. The number of carbonyl (C=O) groups is 3. The average molecular weight is 399 g/mol. The molecule has 1 unspecified atom stereocenters. The lowest BCUT2D eigenvalue weighted by molar-refractivity contribution is -0.159. The van der Waals surface area contributed by atoms with Crippen LogP contribution in [0.25, 0.3) is 0 Å². The van der Waals surface area contributed by atoms with E-state index in [-0.39, 0.29) is 17.9 Å². The van der Waals surface area contributed by atoms with E-state index < -0.39 is 16.8 Å². The fourth-order valence-electron chi connectivity index (χ4n) is 2.89. The highest BCUT2D eigenvalue weighted by Gasteiger charge is 2.29. The number of ether oxygens (including phenoxy) is 1. The minimum atomic E-state index is -0.764. The molecule has 0 aliphatic carbocycles. The van der Waals surface area contributed by atoms with Gasteiger partial charge in [-0.25, -0.2) is 0 Å². The molecule has 0 bridgehead atoms. The van der Waals surface area contributed by atoms with Crippen molar-refractivity contribution in [2.45, 2.75) is 118 Å². The van der Waals surface area contributed by atoms with Crippen LogP contribution in [-0.4, -0.2) is 28.9 Å². The van der Waals surface area contributed by atoms with E-state index in [4.69, 9.17) is 9.84 Å². The van der Waals surface area contributed by atoms with Gasteiger partial charge in [0, 0.05) is 12.8 Å². The van der Waals surface area contributed by atoms with Gasteiger partial charge < -0.3 is 9.84 Å². The molecule has 0 saturated heterocycles. The van der Waals surface area contributed by atoms with Crippen molar-refractivity contribution >= 4 is 17.7 Å². The van der Waals surface area contributed by atoms with Crippen molar-refractivity contribution in [3.63, 3.8) is 0 Å². The number of carboxylic acid groups (broad SMARTS) is 1. The molecule has 0 spiro atoms. The Morgan fingerprint density at radius 3 is 1.71 bits per heavy atom. The minimum Gasteiger partial charge on any atom is -0.481 e. The van der Waals surface area contributed by atoms with Gasteiger partial charge in [0.25, 0.3) is 0 Å². The molecule has 0 amide bonds. The molecule has 0 aromatic rings. The van der Waals surface area contributed by atoms with E-state index >= 15 is 0 Å². The number of esters is 1. The van der Waals surface area contributed by atoms with Gasteiger partial charge in [0.15, 0.2) is 0 Å². The number of aliphatic carboxylic acids is 1. The maximum absolute atomic E-state index is 12.2. The summed E-state index contributed by atoms with van der Waals surface area (Å²) in [5.74, 6) is -0.614. The number of hydrogen-bond acceptors (Lipinski definition) is 4. The zero-order valence-electron chi connectivity index (χ0n) is 18.9. The summed E-state index contributed by atoms with van der Waals surface area (Å²) in [6.45, 7) is 11.2. The Morgan fingerprint density at radius 1 is 0.821 bits per heavy atom. The molecule has 0 aromatic carbocycles. The molecule has 1 atom stereocenters. The molecular formula is C23H42O5. The first-order valence-electron chi connectivity index (χ1n) is 10.9. The zero-order chi connectivity index (χ0) is 21.8. The maximum Gasteiger partial charge on any atom is 0.311 e. The van der Waals surface area contributed by atoms with Gasteiger partial charge in [0.2, 0.25) is 0 Å². The lowest BCUT2D eigenvalue weighted by atomic mass is 9.86. The molecule has 0 saturated carbocycles. The minimum absolute atomic E-state index is 0.0420. The summed E-state index contributed by atoms with van der Waals surface area (Å²) in [6.07, 6.45) is 8.67. The topological polar surface area (TPSA) is 80.7 Å². The lowest BCUT2D eigenvalue weighted by Crippen LogP contribution is -2.29. The highest BCUT2D eigenvalue weighted by Crippen LogP contribution is 2.27. The van der Waals surface area contributed by atoms with Crippen molar-refractivity contribution in [3.05, 3.63) is 0 Å². The SMILES string of the molecule is CCC(C)OC(=O)C(C)(C)CCCCCC(=O)CCCCCC(C)(C)C(=O)O. The van der Waals surface area contributed by atoms with Gasteiger partial charge >= 0.3 is 11.9 Å². The van der Waals surface area contributed by atoms with Crippen molar-refractivity contribution in [2.24, 2.45) is 10.8 Å². The smallest absolute Gasteiger partial charge is 0.311 e. The number of hydrogen-bond donors (Lipinski definition) is 1. The van der Waals surface area contributed by atoms with E-state index in [0.717, 1.165) is 51.4 Å². The monoisotopic (exact) mass is 398 g/mol. The molecule has 0 radical (unpaired) electrons. The van der Waals surface area contributed by atoms with Crippen molar-refractivity contribution in [1.82, 2.24) is 0 Å². The van der Waals surface area contributed by atoms with Gasteiger partial charge in [-0.1, -0.05) is 32.6 Å². The Balaban J connectivity index is 3.82. The Labute approximate surface area is 171 Å². The summed E-state index contributed by atoms with van der Waals surface area (Å²) in [5.41, 5.74) is -1.16. The summed E-state index contributed by atoms with van der Waals surface area (Å²) >= 11 is 0. The summed E-state index contributed by atoms with van der Waals surface area (Å²) < 4.78 is 5.43. The van der Waals surface area contributed by atoms with Crippen molar-refractivity contribution < 1.29 is 24.2 Å². The molecule has 164 valence electrons. The van der Waals surface area contributed by atoms with Gasteiger partial charge in [-0.15, -0.1) is 0 Å². The van der Waals surface area contributed by atoms with Crippen LogP contribution < -0.4 is 0 Å².